The van der Waals surface area contributed by atoms with Crippen molar-refractivity contribution in [3.63, 3.8) is 0 Å². The largest absolute Gasteiger partial charge is 0.355 e. The Labute approximate surface area is 82.6 Å². The number of aromatic nitrogens is 2. The first kappa shape index (κ1) is 11.1. The summed E-state index contributed by atoms with van der Waals surface area (Å²) in [5, 5.41) is 6.84. The molecule has 80 valence electrons. The Morgan fingerprint density at radius 2 is 2.29 bits per heavy atom. The lowest BCUT2D eigenvalue weighted by Gasteiger charge is -2.13. The maximum absolute atomic E-state index is 5.00. The Hall–Kier alpha value is -0.980. The fraction of sp³-hybridized carbons (Fsp3) is 0.750. The third-order valence-corrected chi connectivity index (χ3v) is 1.77. The zero-order valence-electron chi connectivity index (χ0n) is 8.40. The Balaban J connectivity index is 2.04. The second kappa shape index (κ2) is 6.47. The Kier molecular flexibility index (Phi) is 5.13. The molecule has 1 N–H and O–H groups in total. The van der Waals surface area contributed by atoms with Crippen LogP contribution in [0.15, 0.2) is 10.9 Å². The van der Waals surface area contributed by atoms with Crippen molar-refractivity contribution in [1.82, 2.24) is 15.5 Å². The predicted octanol–water partition coefficient (Wildman–Crippen LogP) is -0.179. The van der Waals surface area contributed by atoms with Gasteiger partial charge in [0.05, 0.1) is 0 Å². The van der Waals surface area contributed by atoms with Crippen molar-refractivity contribution in [3.8, 4) is 0 Å². The highest BCUT2D eigenvalue weighted by Gasteiger charge is 2.03. The minimum Gasteiger partial charge on any atom is -0.355 e. The van der Waals surface area contributed by atoms with Crippen molar-refractivity contribution in [1.29, 1.82) is 0 Å². The SMILES string of the molecule is COC(CNCCc1ncon1)OC. The molecular formula is C8H15N3O3. The Bertz CT molecular complexity index is 224. The quantitative estimate of drug-likeness (QED) is 0.487. The summed E-state index contributed by atoms with van der Waals surface area (Å²) >= 11 is 0. The summed E-state index contributed by atoms with van der Waals surface area (Å²) in [5.74, 6) is 0.698. The van der Waals surface area contributed by atoms with E-state index >= 15 is 0 Å². The highest BCUT2D eigenvalue weighted by Crippen LogP contribution is 1.90. The van der Waals surface area contributed by atoms with E-state index in [1.807, 2.05) is 0 Å². The van der Waals surface area contributed by atoms with Crippen LogP contribution in [0.2, 0.25) is 0 Å². The van der Waals surface area contributed by atoms with Crippen LogP contribution in [0.25, 0.3) is 0 Å². The standard InChI is InChI=1S/C8H15N3O3/c1-12-8(13-2)5-9-4-3-7-10-6-14-11-7/h6,8-9H,3-5H2,1-2H3. The first-order valence-corrected chi connectivity index (χ1v) is 4.38. The summed E-state index contributed by atoms with van der Waals surface area (Å²) in [6.07, 6.45) is 1.85. The molecule has 1 heterocycles. The van der Waals surface area contributed by atoms with Gasteiger partial charge in [-0.25, -0.2) is 0 Å². The first-order chi connectivity index (χ1) is 6.86. The lowest BCUT2D eigenvalue weighted by molar-refractivity contribution is -0.0986. The maximum atomic E-state index is 5.00. The van der Waals surface area contributed by atoms with Crippen molar-refractivity contribution >= 4 is 0 Å². The van der Waals surface area contributed by atoms with Crippen LogP contribution in [0.3, 0.4) is 0 Å². The van der Waals surface area contributed by atoms with Gasteiger partial charge in [0.2, 0.25) is 6.39 Å². The van der Waals surface area contributed by atoms with Crippen LogP contribution in [0.5, 0.6) is 0 Å². The number of methoxy groups -OCH3 is 2. The van der Waals surface area contributed by atoms with Gasteiger partial charge in [0.15, 0.2) is 12.1 Å². The monoisotopic (exact) mass is 201 g/mol. The van der Waals surface area contributed by atoms with Crippen LogP contribution in [0.4, 0.5) is 0 Å². The van der Waals surface area contributed by atoms with Gasteiger partial charge >= 0.3 is 0 Å². The molecule has 0 spiro atoms. The summed E-state index contributed by atoms with van der Waals surface area (Å²) in [5.41, 5.74) is 0. The molecule has 6 nitrogen and oxygen atoms in total. The summed E-state index contributed by atoms with van der Waals surface area (Å²) in [6, 6.07) is 0. The molecule has 0 radical (unpaired) electrons. The van der Waals surface area contributed by atoms with E-state index in [0.29, 0.717) is 12.4 Å². The number of nitrogens with zero attached hydrogens (tertiary/aromatic N) is 2. The summed E-state index contributed by atoms with van der Waals surface area (Å²) in [4.78, 5) is 3.89. The zero-order chi connectivity index (χ0) is 10.2. The second-order valence-corrected chi connectivity index (χ2v) is 2.70. The molecule has 14 heavy (non-hydrogen) atoms. The van der Waals surface area contributed by atoms with Crippen LogP contribution in [0, 0.1) is 0 Å². The predicted molar refractivity (Wildman–Crippen MR) is 48.7 cm³/mol. The van der Waals surface area contributed by atoms with Crippen molar-refractivity contribution in [2.24, 2.45) is 0 Å². The summed E-state index contributed by atoms with van der Waals surface area (Å²) < 4.78 is 14.6. The summed E-state index contributed by atoms with van der Waals surface area (Å²) in [6.45, 7) is 1.41. The van der Waals surface area contributed by atoms with E-state index in [-0.39, 0.29) is 6.29 Å². The molecule has 0 amide bonds. The fourth-order valence-electron chi connectivity index (χ4n) is 0.986. The average molecular weight is 201 g/mol. The fourth-order valence-corrected chi connectivity index (χ4v) is 0.986. The van der Waals surface area contributed by atoms with Crippen LogP contribution < -0.4 is 5.32 Å². The zero-order valence-corrected chi connectivity index (χ0v) is 8.40. The van der Waals surface area contributed by atoms with Gasteiger partial charge in [-0.1, -0.05) is 5.16 Å². The molecule has 0 bridgehead atoms. The molecule has 0 saturated heterocycles. The van der Waals surface area contributed by atoms with Crippen LogP contribution in [-0.4, -0.2) is 43.7 Å². The van der Waals surface area contributed by atoms with Gasteiger partial charge in [-0.05, 0) is 0 Å². The molecule has 0 atom stereocenters. The van der Waals surface area contributed by atoms with Crippen molar-refractivity contribution in [2.45, 2.75) is 12.7 Å². The molecule has 6 heteroatoms. The van der Waals surface area contributed by atoms with Gasteiger partial charge in [0.25, 0.3) is 0 Å². The van der Waals surface area contributed by atoms with E-state index in [4.69, 9.17) is 9.47 Å². The van der Waals surface area contributed by atoms with E-state index in [9.17, 15) is 0 Å². The molecule has 1 aromatic rings. The molecule has 0 aromatic carbocycles. The number of hydrogen-bond donors (Lipinski definition) is 1. The highest BCUT2D eigenvalue weighted by atomic mass is 16.7. The van der Waals surface area contributed by atoms with E-state index in [2.05, 4.69) is 20.0 Å². The molecule has 0 aliphatic carbocycles. The average Bonchev–Trinajstić information content (AvgIpc) is 2.71. The van der Waals surface area contributed by atoms with Crippen LogP contribution in [0.1, 0.15) is 5.82 Å². The van der Waals surface area contributed by atoms with E-state index < -0.39 is 0 Å². The Morgan fingerprint density at radius 1 is 1.50 bits per heavy atom. The first-order valence-electron chi connectivity index (χ1n) is 4.38. The van der Waals surface area contributed by atoms with Crippen LogP contribution >= 0.6 is 0 Å². The number of hydrogen-bond acceptors (Lipinski definition) is 6. The molecule has 1 rings (SSSR count). The molecule has 0 fully saturated rings. The Morgan fingerprint density at radius 3 is 2.86 bits per heavy atom. The molecule has 0 unspecified atom stereocenters. The normalized spacial score (nSPS) is 11.1. The van der Waals surface area contributed by atoms with Crippen molar-refractivity contribution < 1.29 is 14.0 Å². The minimum atomic E-state index is -0.208. The molecule has 0 aliphatic heterocycles. The van der Waals surface area contributed by atoms with Gasteiger partial charge < -0.3 is 19.3 Å². The number of rotatable bonds is 7. The highest BCUT2D eigenvalue weighted by molar-refractivity contribution is 4.78. The van der Waals surface area contributed by atoms with Gasteiger partial charge in [-0.15, -0.1) is 0 Å². The van der Waals surface area contributed by atoms with E-state index in [1.54, 1.807) is 14.2 Å². The molecular weight excluding hydrogens is 186 g/mol. The number of ether oxygens (including phenoxy) is 2. The molecule has 1 aromatic heterocycles. The van der Waals surface area contributed by atoms with Gasteiger partial charge in [-0.3, -0.25) is 0 Å². The maximum Gasteiger partial charge on any atom is 0.213 e. The van der Waals surface area contributed by atoms with E-state index in [1.165, 1.54) is 6.39 Å². The van der Waals surface area contributed by atoms with Gasteiger partial charge in [0.1, 0.15) is 0 Å². The second-order valence-electron chi connectivity index (χ2n) is 2.70. The number of nitrogens with one attached hydrogen (secondary N) is 1. The van der Waals surface area contributed by atoms with Gasteiger partial charge in [-0.2, -0.15) is 4.98 Å². The van der Waals surface area contributed by atoms with Crippen molar-refractivity contribution in [3.05, 3.63) is 12.2 Å². The third-order valence-electron chi connectivity index (χ3n) is 1.77. The summed E-state index contributed by atoms with van der Waals surface area (Å²) in [7, 11) is 3.21. The van der Waals surface area contributed by atoms with E-state index in [0.717, 1.165) is 13.0 Å². The van der Waals surface area contributed by atoms with Gasteiger partial charge in [0, 0.05) is 33.7 Å². The molecule has 0 aliphatic rings. The smallest absolute Gasteiger partial charge is 0.213 e. The third kappa shape index (κ3) is 3.82. The lowest BCUT2D eigenvalue weighted by Crippen LogP contribution is -2.31. The van der Waals surface area contributed by atoms with Crippen molar-refractivity contribution in [2.75, 3.05) is 27.3 Å². The lowest BCUT2D eigenvalue weighted by atomic mass is 10.4. The topological polar surface area (TPSA) is 69.4 Å². The van der Waals surface area contributed by atoms with Crippen LogP contribution in [-0.2, 0) is 15.9 Å². The molecule has 0 saturated carbocycles. The minimum absolute atomic E-state index is 0.208.